The summed E-state index contributed by atoms with van der Waals surface area (Å²) in [7, 11) is 0. The quantitative estimate of drug-likeness (QED) is 0.847. The molecule has 0 fully saturated rings. The van der Waals surface area contributed by atoms with E-state index < -0.39 is 0 Å². The Labute approximate surface area is 103 Å². The smallest absolute Gasteiger partial charge is 0.0138 e. The Hall–Kier alpha value is -1.05. The second-order valence-electron chi connectivity index (χ2n) is 4.85. The average molecular weight is 236 g/mol. The first kappa shape index (κ1) is 13.0. The van der Waals surface area contributed by atoms with Crippen LogP contribution in [-0.4, -0.2) is 5.54 Å². The molecule has 2 N–H and O–H groups in total. The summed E-state index contributed by atoms with van der Waals surface area (Å²) >= 11 is 0. The van der Waals surface area contributed by atoms with Gasteiger partial charge >= 0.3 is 0 Å². The summed E-state index contributed by atoms with van der Waals surface area (Å²) in [4.78, 5) is 0. The maximum atomic E-state index is 6.01. The van der Waals surface area contributed by atoms with Crippen LogP contribution in [0.1, 0.15) is 19.4 Å². The normalized spacial score (nSPS) is 11.2. The number of nitrogens with two attached hydrogens (primary N) is 1. The lowest BCUT2D eigenvalue weighted by molar-refractivity contribution is 0.517. The van der Waals surface area contributed by atoms with E-state index in [0.29, 0.717) is 0 Å². The van der Waals surface area contributed by atoms with Gasteiger partial charge in [-0.05, 0) is 36.6 Å². The maximum absolute atomic E-state index is 6.01. The zero-order valence-corrected chi connectivity index (χ0v) is 10.6. The third-order valence-corrected chi connectivity index (χ3v) is 2.47. The van der Waals surface area contributed by atoms with Crippen LogP contribution >= 0.6 is 12.4 Å². The van der Waals surface area contributed by atoms with E-state index in [0.717, 1.165) is 6.42 Å². The lowest BCUT2D eigenvalue weighted by atomic mass is 9.95. The van der Waals surface area contributed by atoms with Gasteiger partial charge in [0.2, 0.25) is 0 Å². The van der Waals surface area contributed by atoms with Crippen molar-refractivity contribution in [1.82, 2.24) is 0 Å². The second-order valence-corrected chi connectivity index (χ2v) is 4.85. The van der Waals surface area contributed by atoms with Gasteiger partial charge in [0.1, 0.15) is 0 Å². The number of halogens is 1. The van der Waals surface area contributed by atoms with Gasteiger partial charge in [0.15, 0.2) is 0 Å². The monoisotopic (exact) mass is 235 g/mol. The highest BCUT2D eigenvalue weighted by molar-refractivity contribution is 5.85. The Bertz CT molecular complexity index is 471. The molecule has 86 valence electrons. The molecule has 0 aromatic heterocycles. The van der Waals surface area contributed by atoms with Crippen LogP contribution < -0.4 is 5.73 Å². The summed E-state index contributed by atoms with van der Waals surface area (Å²) in [5, 5.41) is 2.58. The zero-order valence-electron chi connectivity index (χ0n) is 9.73. The number of rotatable bonds is 2. The first-order valence-corrected chi connectivity index (χ1v) is 5.31. The second kappa shape index (κ2) is 4.86. The lowest BCUT2D eigenvalue weighted by Crippen LogP contribution is -2.34. The van der Waals surface area contributed by atoms with Crippen molar-refractivity contribution < 1.29 is 0 Å². The Kier molecular flexibility index (Phi) is 3.95. The molecule has 0 aliphatic carbocycles. The highest BCUT2D eigenvalue weighted by Crippen LogP contribution is 2.18. The molecule has 16 heavy (non-hydrogen) atoms. The van der Waals surface area contributed by atoms with Crippen molar-refractivity contribution in [2.75, 3.05) is 0 Å². The van der Waals surface area contributed by atoms with E-state index in [1.54, 1.807) is 0 Å². The number of fused-ring (bicyclic) bond motifs is 1. The van der Waals surface area contributed by atoms with Crippen LogP contribution in [0.3, 0.4) is 0 Å². The van der Waals surface area contributed by atoms with Crippen LogP contribution in [0.2, 0.25) is 0 Å². The van der Waals surface area contributed by atoms with Gasteiger partial charge < -0.3 is 5.73 Å². The fourth-order valence-electron chi connectivity index (χ4n) is 1.87. The van der Waals surface area contributed by atoms with Crippen LogP contribution in [0.4, 0.5) is 0 Å². The molecular formula is C14H18ClN. The Morgan fingerprint density at radius 2 is 1.62 bits per heavy atom. The van der Waals surface area contributed by atoms with Crippen LogP contribution in [0, 0.1) is 0 Å². The Balaban J connectivity index is 0.00000128. The molecule has 0 bridgehead atoms. The first-order chi connectivity index (χ1) is 7.04. The third kappa shape index (κ3) is 3.22. The molecule has 0 atom stereocenters. The highest BCUT2D eigenvalue weighted by atomic mass is 35.5. The summed E-state index contributed by atoms with van der Waals surface area (Å²) in [5.41, 5.74) is 7.18. The van der Waals surface area contributed by atoms with E-state index in [-0.39, 0.29) is 17.9 Å². The van der Waals surface area contributed by atoms with Crippen LogP contribution in [0.5, 0.6) is 0 Å². The molecule has 0 radical (unpaired) electrons. The van der Waals surface area contributed by atoms with Gasteiger partial charge in [-0.1, -0.05) is 42.5 Å². The van der Waals surface area contributed by atoms with Gasteiger partial charge in [-0.3, -0.25) is 0 Å². The van der Waals surface area contributed by atoms with Gasteiger partial charge in [-0.15, -0.1) is 12.4 Å². The van der Waals surface area contributed by atoms with E-state index >= 15 is 0 Å². The number of benzene rings is 2. The van der Waals surface area contributed by atoms with Gasteiger partial charge in [0.05, 0.1) is 0 Å². The minimum Gasteiger partial charge on any atom is -0.325 e. The Morgan fingerprint density at radius 3 is 2.25 bits per heavy atom. The topological polar surface area (TPSA) is 26.0 Å². The van der Waals surface area contributed by atoms with E-state index in [1.165, 1.54) is 16.3 Å². The minimum absolute atomic E-state index is 0. The molecule has 0 amide bonds. The molecule has 0 heterocycles. The fourth-order valence-corrected chi connectivity index (χ4v) is 1.87. The fraction of sp³-hybridized carbons (Fsp3) is 0.286. The van der Waals surface area contributed by atoms with Crippen molar-refractivity contribution >= 4 is 23.2 Å². The van der Waals surface area contributed by atoms with Gasteiger partial charge in [0, 0.05) is 5.54 Å². The molecule has 2 aromatic carbocycles. The molecule has 0 aliphatic rings. The summed E-state index contributed by atoms with van der Waals surface area (Å²) in [6.45, 7) is 4.12. The van der Waals surface area contributed by atoms with Gasteiger partial charge in [-0.25, -0.2) is 0 Å². The molecule has 2 rings (SSSR count). The third-order valence-electron chi connectivity index (χ3n) is 2.47. The minimum atomic E-state index is -0.136. The standard InChI is InChI=1S/C14H17N.ClH/c1-14(2,15)10-11-7-8-12-5-3-4-6-13(12)9-11;/h3-9H,10,15H2,1-2H3;1H. The summed E-state index contributed by atoms with van der Waals surface area (Å²) in [5.74, 6) is 0. The average Bonchev–Trinajstić information content (AvgIpc) is 2.15. The summed E-state index contributed by atoms with van der Waals surface area (Å²) < 4.78 is 0. The maximum Gasteiger partial charge on any atom is 0.0138 e. The van der Waals surface area contributed by atoms with Crippen LogP contribution in [0.15, 0.2) is 42.5 Å². The van der Waals surface area contributed by atoms with Crippen molar-refractivity contribution in [1.29, 1.82) is 0 Å². The van der Waals surface area contributed by atoms with E-state index in [1.807, 2.05) is 0 Å². The summed E-state index contributed by atoms with van der Waals surface area (Å²) in [6.07, 6.45) is 0.915. The Morgan fingerprint density at radius 1 is 1.00 bits per heavy atom. The molecule has 0 unspecified atom stereocenters. The van der Waals surface area contributed by atoms with E-state index in [2.05, 4.69) is 56.3 Å². The highest BCUT2D eigenvalue weighted by Gasteiger charge is 2.11. The van der Waals surface area contributed by atoms with Crippen LogP contribution in [-0.2, 0) is 6.42 Å². The molecular weight excluding hydrogens is 218 g/mol. The molecule has 0 saturated heterocycles. The van der Waals surface area contributed by atoms with E-state index in [4.69, 9.17) is 5.73 Å². The van der Waals surface area contributed by atoms with Crippen molar-refractivity contribution in [2.24, 2.45) is 5.73 Å². The molecule has 2 aromatic rings. The predicted octanol–water partition coefficient (Wildman–Crippen LogP) is 3.54. The molecule has 2 heteroatoms. The van der Waals surface area contributed by atoms with Crippen molar-refractivity contribution in [3.05, 3.63) is 48.0 Å². The predicted molar refractivity (Wildman–Crippen MR) is 73.2 cm³/mol. The van der Waals surface area contributed by atoms with Gasteiger partial charge in [-0.2, -0.15) is 0 Å². The largest absolute Gasteiger partial charge is 0.325 e. The number of hydrogen-bond acceptors (Lipinski definition) is 1. The van der Waals surface area contributed by atoms with Crippen LogP contribution in [0.25, 0.3) is 10.8 Å². The van der Waals surface area contributed by atoms with Crippen molar-refractivity contribution in [3.63, 3.8) is 0 Å². The van der Waals surface area contributed by atoms with Crippen molar-refractivity contribution in [3.8, 4) is 0 Å². The SMILES string of the molecule is CC(C)(N)Cc1ccc2ccccc2c1.Cl. The summed E-state index contributed by atoms with van der Waals surface area (Å²) in [6, 6.07) is 15.0. The zero-order chi connectivity index (χ0) is 10.9. The van der Waals surface area contributed by atoms with Crippen molar-refractivity contribution in [2.45, 2.75) is 25.8 Å². The van der Waals surface area contributed by atoms with Gasteiger partial charge in [0.25, 0.3) is 0 Å². The molecule has 0 aliphatic heterocycles. The van der Waals surface area contributed by atoms with E-state index in [9.17, 15) is 0 Å². The first-order valence-electron chi connectivity index (χ1n) is 5.31. The lowest BCUT2D eigenvalue weighted by Gasteiger charge is -2.18. The molecule has 0 saturated carbocycles. The number of hydrogen-bond donors (Lipinski definition) is 1. The molecule has 1 nitrogen and oxygen atoms in total. The molecule has 0 spiro atoms.